The summed E-state index contributed by atoms with van der Waals surface area (Å²) in [6.45, 7) is 6.86. The fourth-order valence-electron chi connectivity index (χ4n) is 2.71. The van der Waals surface area contributed by atoms with E-state index < -0.39 is 18.8 Å². The van der Waals surface area contributed by atoms with E-state index in [0.717, 1.165) is 4.90 Å². The molecule has 0 fully saturated rings. The summed E-state index contributed by atoms with van der Waals surface area (Å²) in [4.78, 5) is 5.29. The molecule has 2 aromatic rings. The molecule has 0 saturated carbocycles. The zero-order chi connectivity index (χ0) is 20.8. The number of hydrogen-bond acceptors (Lipinski definition) is 2. The minimum absolute atomic E-state index is 0.170. The Bertz CT molecular complexity index is 909. The Balaban J connectivity index is 0.00000136. The first-order chi connectivity index (χ1) is 13.4. The highest BCUT2D eigenvalue weighted by Crippen LogP contribution is 2.41. The van der Waals surface area contributed by atoms with Gasteiger partial charge in [0.1, 0.15) is 11.5 Å². The van der Waals surface area contributed by atoms with Gasteiger partial charge in [0.15, 0.2) is 0 Å². The van der Waals surface area contributed by atoms with Crippen molar-refractivity contribution >= 4 is 34.5 Å². The summed E-state index contributed by atoms with van der Waals surface area (Å²) in [5, 5.41) is 0.473. The fourth-order valence-corrected chi connectivity index (χ4v) is 3.18. The quantitative estimate of drug-likeness (QED) is 0.512. The van der Waals surface area contributed by atoms with Gasteiger partial charge < -0.3 is 4.90 Å². The third kappa shape index (κ3) is 4.78. The van der Waals surface area contributed by atoms with Gasteiger partial charge >= 0.3 is 0 Å². The highest BCUT2D eigenvalue weighted by atomic mass is 35.5. The minimum atomic E-state index is -2.71. The Morgan fingerprint density at radius 2 is 1.79 bits per heavy atom. The second kappa shape index (κ2) is 9.80. The standard InChI is InChI=1S/C19H13Cl2F3N2.C2H6/c1-11-16(22)8-14(12-5-3-2-4-6-12)19(26(11)10-17(23)24)18-15(21)7-13(20)9-25-18;1-2/h2-9,17H,1,10H2;1-2H3. The lowest BCUT2D eigenvalue weighted by Crippen LogP contribution is -2.30. The molecule has 0 aliphatic carbocycles. The molecule has 0 radical (unpaired) electrons. The van der Waals surface area contributed by atoms with Crippen LogP contribution in [-0.2, 0) is 0 Å². The number of allylic oxidation sites excluding steroid dienone is 3. The van der Waals surface area contributed by atoms with Crippen LogP contribution in [-0.4, -0.2) is 22.9 Å². The van der Waals surface area contributed by atoms with Crippen LogP contribution < -0.4 is 0 Å². The average Bonchev–Trinajstić information content (AvgIpc) is 2.68. The lowest BCUT2D eigenvalue weighted by atomic mass is 9.96. The molecule has 0 saturated heterocycles. The molecule has 1 aliphatic rings. The van der Waals surface area contributed by atoms with E-state index in [4.69, 9.17) is 23.2 Å². The summed E-state index contributed by atoms with van der Waals surface area (Å²) in [6, 6.07) is 10.3. The zero-order valence-corrected chi connectivity index (χ0v) is 16.9. The van der Waals surface area contributed by atoms with Crippen molar-refractivity contribution in [3.63, 3.8) is 0 Å². The largest absolute Gasteiger partial charge is 0.331 e. The maximum atomic E-state index is 14.4. The van der Waals surface area contributed by atoms with Crippen LogP contribution in [0.1, 0.15) is 25.1 Å². The Labute approximate surface area is 172 Å². The van der Waals surface area contributed by atoms with Gasteiger partial charge in [-0.25, -0.2) is 13.2 Å². The van der Waals surface area contributed by atoms with Crippen molar-refractivity contribution in [3.05, 3.63) is 88.1 Å². The second-order valence-electron chi connectivity index (χ2n) is 5.55. The van der Waals surface area contributed by atoms with E-state index in [0.29, 0.717) is 16.2 Å². The molecular formula is C21H19Cl2F3N2. The lowest BCUT2D eigenvalue weighted by Gasteiger charge is -2.33. The van der Waals surface area contributed by atoms with Gasteiger partial charge in [-0.3, -0.25) is 4.98 Å². The van der Waals surface area contributed by atoms with Gasteiger partial charge in [0.05, 0.1) is 28.0 Å². The number of aromatic nitrogens is 1. The minimum Gasteiger partial charge on any atom is -0.331 e. The number of hydrogen-bond donors (Lipinski definition) is 0. The Hall–Kier alpha value is -2.24. The highest BCUT2D eigenvalue weighted by molar-refractivity contribution is 6.35. The summed E-state index contributed by atoms with van der Waals surface area (Å²) < 4.78 is 40.8. The van der Waals surface area contributed by atoms with Crippen molar-refractivity contribution < 1.29 is 13.2 Å². The first kappa shape index (κ1) is 22.1. The number of nitrogens with zero attached hydrogens (tertiary/aromatic N) is 2. The first-order valence-electron chi connectivity index (χ1n) is 8.61. The van der Waals surface area contributed by atoms with Crippen LogP contribution >= 0.6 is 23.2 Å². The zero-order valence-electron chi connectivity index (χ0n) is 15.4. The van der Waals surface area contributed by atoms with E-state index in [1.165, 1.54) is 18.3 Å². The molecule has 2 nitrogen and oxygen atoms in total. The molecule has 0 unspecified atom stereocenters. The van der Waals surface area contributed by atoms with E-state index in [9.17, 15) is 13.2 Å². The summed E-state index contributed by atoms with van der Waals surface area (Å²) in [5.41, 5.74) is 1.32. The summed E-state index contributed by atoms with van der Waals surface area (Å²) in [6.07, 6.45) is -0.103. The van der Waals surface area contributed by atoms with Crippen molar-refractivity contribution in [2.75, 3.05) is 6.54 Å². The molecule has 7 heteroatoms. The van der Waals surface area contributed by atoms with Gasteiger partial charge in [0.25, 0.3) is 6.43 Å². The topological polar surface area (TPSA) is 16.1 Å². The van der Waals surface area contributed by atoms with E-state index in [1.807, 2.05) is 13.8 Å². The van der Waals surface area contributed by atoms with Gasteiger partial charge in [-0.1, -0.05) is 74.0 Å². The van der Waals surface area contributed by atoms with Crippen LogP contribution in [0.2, 0.25) is 10.0 Å². The van der Waals surface area contributed by atoms with Gasteiger partial charge in [-0.15, -0.1) is 0 Å². The molecule has 0 bridgehead atoms. The Kier molecular flexibility index (Phi) is 7.72. The van der Waals surface area contributed by atoms with Gasteiger partial charge in [0, 0.05) is 11.8 Å². The summed E-state index contributed by atoms with van der Waals surface area (Å²) in [7, 11) is 0. The number of alkyl halides is 2. The molecule has 0 amide bonds. The van der Waals surface area contributed by atoms with Crippen LogP contribution in [0.3, 0.4) is 0 Å². The van der Waals surface area contributed by atoms with E-state index >= 15 is 0 Å². The smallest absolute Gasteiger partial charge is 0.256 e. The highest BCUT2D eigenvalue weighted by Gasteiger charge is 2.30. The SMILES string of the molecule is C=C1C(F)=CC(c2ccccc2)=C(c2ncc(Cl)cc2Cl)N1CC(F)F.CC. The maximum absolute atomic E-state index is 14.4. The van der Waals surface area contributed by atoms with Crippen molar-refractivity contribution in [2.24, 2.45) is 0 Å². The molecule has 1 aromatic heterocycles. The van der Waals surface area contributed by atoms with Crippen LogP contribution in [0, 0.1) is 0 Å². The first-order valence-corrected chi connectivity index (χ1v) is 9.37. The maximum Gasteiger partial charge on any atom is 0.256 e. The van der Waals surface area contributed by atoms with Crippen LogP contribution in [0.4, 0.5) is 13.2 Å². The average molecular weight is 427 g/mol. The van der Waals surface area contributed by atoms with Crippen LogP contribution in [0.15, 0.2) is 66.8 Å². The molecule has 1 aromatic carbocycles. The molecule has 3 rings (SSSR count). The van der Waals surface area contributed by atoms with Crippen LogP contribution in [0.25, 0.3) is 11.3 Å². The molecule has 0 spiro atoms. The number of rotatable bonds is 4. The van der Waals surface area contributed by atoms with Gasteiger partial charge in [0.2, 0.25) is 0 Å². The van der Waals surface area contributed by atoms with E-state index in [1.54, 1.807) is 30.3 Å². The number of halogens is 5. The lowest BCUT2D eigenvalue weighted by molar-refractivity contribution is 0.122. The summed E-state index contributed by atoms with van der Waals surface area (Å²) >= 11 is 12.2. The van der Waals surface area contributed by atoms with Crippen molar-refractivity contribution in [1.82, 2.24) is 9.88 Å². The molecule has 1 aliphatic heterocycles. The van der Waals surface area contributed by atoms with E-state index in [2.05, 4.69) is 11.6 Å². The molecular weight excluding hydrogens is 408 g/mol. The molecule has 0 N–H and O–H groups in total. The van der Waals surface area contributed by atoms with Crippen molar-refractivity contribution in [3.8, 4) is 0 Å². The molecule has 28 heavy (non-hydrogen) atoms. The van der Waals surface area contributed by atoms with Crippen molar-refractivity contribution in [1.29, 1.82) is 0 Å². The predicted molar refractivity (Wildman–Crippen MR) is 110 cm³/mol. The predicted octanol–water partition coefficient (Wildman–Crippen LogP) is 7.23. The monoisotopic (exact) mass is 426 g/mol. The normalized spacial score (nSPS) is 14.1. The van der Waals surface area contributed by atoms with Crippen LogP contribution in [0.5, 0.6) is 0 Å². The van der Waals surface area contributed by atoms with Gasteiger partial charge in [-0.2, -0.15) is 0 Å². The second-order valence-corrected chi connectivity index (χ2v) is 6.40. The van der Waals surface area contributed by atoms with Crippen molar-refractivity contribution in [2.45, 2.75) is 20.3 Å². The Morgan fingerprint density at radius 3 is 2.36 bits per heavy atom. The molecule has 2 heterocycles. The summed E-state index contributed by atoms with van der Waals surface area (Å²) in [5.74, 6) is -0.696. The Morgan fingerprint density at radius 1 is 1.14 bits per heavy atom. The molecule has 148 valence electrons. The number of pyridine rings is 1. The fraction of sp³-hybridized carbons (Fsp3) is 0.190. The third-order valence-corrected chi connectivity index (χ3v) is 4.33. The number of benzene rings is 1. The van der Waals surface area contributed by atoms with Gasteiger partial charge in [-0.05, 0) is 17.7 Å². The third-order valence-electron chi connectivity index (χ3n) is 3.84. The molecule has 0 atom stereocenters. The van der Waals surface area contributed by atoms with E-state index in [-0.39, 0.29) is 22.1 Å².